The summed E-state index contributed by atoms with van der Waals surface area (Å²) in [7, 11) is 0. The molecule has 0 heterocycles. The predicted molar refractivity (Wildman–Crippen MR) is 138 cm³/mol. The topological polar surface area (TPSA) is 74.6 Å². The zero-order chi connectivity index (χ0) is 24.6. The molecule has 0 atom stereocenters. The van der Waals surface area contributed by atoms with E-state index in [2.05, 4.69) is 13.8 Å². The summed E-state index contributed by atoms with van der Waals surface area (Å²) in [4.78, 5) is 23.4. The van der Waals surface area contributed by atoms with Gasteiger partial charge < -0.3 is 10.2 Å². The summed E-state index contributed by atoms with van der Waals surface area (Å²) in [6, 6.07) is 3.24. The third-order valence-electron chi connectivity index (χ3n) is 6.62. The molecule has 1 rings (SSSR count). The van der Waals surface area contributed by atoms with Crippen LogP contribution in [0.15, 0.2) is 12.1 Å². The molecule has 0 aliphatic carbocycles. The number of rotatable bonds is 19. The van der Waals surface area contributed by atoms with Gasteiger partial charge in [-0.05, 0) is 41.9 Å². The Morgan fingerprint density at radius 1 is 0.667 bits per heavy atom. The van der Waals surface area contributed by atoms with Gasteiger partial charge in [-0.1, -0.05) is 117 Å². The van der Waals surface area contributed by atoms with Crippen molar-refractivity contribution >= 4 is 11.9 Å². The normalized spacial score (nSPS) is 11.5. The monoisotopic (exact) mass is 460 g/mol. The highest BCUT2D eigenvalue weighted by Crippen LogP contribution is 2.28. The Morgan fingerprint density at radius 2 is 1.12 bits per heavy atom. The van der Waals surface area contributed by atoms with E-state index >= 15 is 0 Å². The fourth-order valence-corrected chi connectivity index (χ4v) is 4.70. The lowest BCUT2D eigenvalue weighted by atomic mass is 9.87. The van der Waals surface area contributed by atoms with Crippen molar-refractivity contribution in [1.82, 2.24) is 0 Å². The van der Waals surface area contributed by atoms with E-state index < -0.39 is 11.9 Å². The molecule has 0 bridgehead atoms. The Labute approximate surface area is 202 Å². The number of carboxylic acids is 2. The maximum absolute atomic E-state index is 11.8. The second-order valence-electron chi connectivity index (χ2n) is 10.3. The first-order valence-electron chi connectivity index (χ1n) is 13.4. The minimum absolute atomic E-state index is 0.0198. The van der Waals surface area contributed by atoms with Crippen molar-refractivity contribution in [1.29, 1.82) is 0 Å². The van der Waals surface area contributed by atoms with Gasteiger partial charge in [-0.15, -0.1) is 0 Å². The Balaban J connectivity index is 2.25. The highest BCUT2D eigenvalue weighted by atomic mass is 16.4. The average Bonchev–Trinajstić information content (AvgIpc) is 2.75. The van der Waals surface area contributed by atoms with Crippen LogP contribution < -0.4 is 0 Å². The summed E-state index contributed by atoms with van der Waals surface area (Å²) in [5, 5.41) is 19.1. The number of benzene rings is 1. The second-order valence-corrected chi connectivity index (χ2v) is 10.3. The SMILES string of the molecule is CC(C)CCCCCCCCCCCCCCCc1c(C(C)C)ccc(C(=O)O)c1C(=O)O. The van der Waals surface area contributed by atoms with Gasteiger partial charge in [0.15, 0.2) is 0 Å². The number of aromatic carboxylic acids is 2. The molecule has 0 amide bonds. The van der Waals surface area contributed by atoms with Crippen molar-refractivity contribution in [2.45, 2.75) is 130 Å². The first kappa shape index (κ1) is 29.2. The summed E-state index contributed by atoms with van der Waals surface area (Å²) in [6.45, 7) is 8.66. The van der Waals surface area contributed by atoms with Crippen LogP contribution in [-0.2, 0) is 6.42 Å². The largest absolute Gasteiger partial charge is 0.478 e. The van der Waals surface area contributed by atoms with Crippen LogP contribution in [-0.4, -0.2) is 22.2 Å². The molecule has 4 heteroatoms. The van der Waals surface area contributed by atoms with Gasteiger partial charge in [-0.3, -0.25) is 0 Å². The molecule has 0 saturated carbocycles. The Bertz CT molecular complexity index is 706. The Hall–Kier alpha value is -1.84. The van der Waals surface area contributed by atoms with E-state index in [0.717, 1.165) is 30.7 Å². The van der Waals surface area contributed by atoms with E-state index in [1.807, 2.05) is 13.8 Å². The predicted octanol–water partition coefficient (Wildman–Crippen LogP) is 8.87. The van der Waals surface area contributed by atoms with E-state index in [9.17, 15) is 19.8 Å². The van der Waals surface area contributed by atoms with Crippen LogP contribution in [0.5, 0.6) is 0 Å². The standard InChI is InChI=1S/C29H48O4/c1-22(2)18-16-14-12-10-8-6-5-7-9-11-13-15-17-19-25-24(23(3)4)20-21-26(28(30)31)27(25)29(32)33/h20-23H,5-19H2,1-4H3,(H,30,31)(H,32,33). The Kier molecular flexibility index (Phi) is 14.8. The first-order valence-corrected chi connectivity index (χ1v) is 13.4. The highest BCUT2D eigenvalue weighted by molar-refractivity contribution is 6.03. The molecular formula is C29H48O4. The van der Waals surface area contributed by atoms with E-state index in [4.69, 9.17) is 0 Å². The minimum atomic E-state index is -1.17. The smallest absolute Gasteiger partial charge is 0.336 e. The van der Waals surface area contributed by atoms with Gasteiger partial charge in [0.1, 0.15) is 0 Å². The summed E-state index contributed by atoms with van der Waals surface area (Å²) < 4.78 is 0. The van der Waals surface area contributed by atoms with Crippen LogP contribution in [0.2, 0.25) is 0 Å². The molecule has 1 aromatic rings. The molecule has 33 heavy (non-hydrogen) atoms. The Morgan fingerprint density at radius 3 is 1.52 bits per heavy atom. The summed E-state index contributed by atoms with van der Waals surface area (Å²) in [5.41, 5.74) is 1.55. The number of hydrogen-bond donors (Lipinski definition) is 2. The summed E-state index contributed by atoms with van der Waals surface area (Å²) in [6.07, 6.45) is 18.6. The maximum atomic E-state index is 11.8. The lowest BCUT2D eigenvalue weighted by Gasteiger charge is -2.17. The van der Waals surface area contributed by atoms with E-state index in [1.54, 1.807) is 6.07 Å². The van der Waals surface area contributed by atoms with Gasteiger partial charge in [0, 0.05) is 0 Å². The van der Waals surface area contributed by atoms with Crippen molar-refractivity contribution in [3.05, 3.63) is 34.4 Å². The fraction of sp³-hybridized carbons (Fsp3) is 0.724. The van der Waals surface area contributed by atoms with Crippen LogP contribution in [0.1, 0.15) is 155 Å². The van der Waals surface area contributed by atoms with E-state index in [0.29, 0.717) is 12.0 Å². The van der Waals surface area contributed by atoms with Gasteiger partial charge in [-0.2, -0.15) is 0 Å². The van der Waals surface area contributed by atoms with E-state index in [-0.39, 0.29) is 17.0 Å². The van der Waals surface area contributed by atoms with Gasteiger partial charge in [0.25, 0.3) is 0 Å². The van der Waals surface area contributed by atoms with Crippen molar-refractivity contribution in [3.8, 4) is 0 Å². The molecule has 0 radical (unpaired) electrons. The van der Waals surface area contributed by atoms with Gasteiger partial charge in [-0.25, -0.2) is 9.59 Å². The second kappa shape index (κ2) is 16.7. The fourth-order valence-electron chi connectivity index (χ4n) is 4.70. The first-order chi connectivity index (χ1) is 15.8. The molecule has 1 aromatic carbocycles. The van der Waals surface area contributed by atoms with Crippen molar-refractivity contribution in [2.24, 2.45) is 5.92 Å². The van der Waals surface area contributed by atoms with Crippen molar-refractivity contribution in [3.63, 3.8) is 0 Å². The minimum Gasteiger partial charge on any atom is -0.478 e. The van der Waals surface area contributed by atoms with Gasteiger partial charge >= 0.3 is 11.9 Å². The highest BCUT2D eigenvalue weighted by Gasteiger charge is 2.23. The summed E-state index contributed by atoms with van der Waals surface area (Å²) >= 11 is 0. The van der Waals surface area contributed by atoms with Crippen LogP contribution in [0.3, 0.4) is 0 Å². The zero-order valence-electron chi connectivity index (χ0n) is 21.6. The third-order valence-corrected chi connectivity index (χ3v) is 6.62. The molecule has 0 aromatic heterocycles. The number of unbranched alkanes of at least 4 members (excludes halogenated alkanes) is 12. The third kappa shape index (κ3) is 11.7. The molecular weight excluding hydrogens is 412 g/mol. The number of hydrogen-bond acceptors (Lipinski definition) is 2. The number of carbonyl (C=O) groups is 2. The molecule has 0 aliphatic rings. The quantitative estimate of drug-likeness (QED) is 0.202. The molecule has 4 nitrogen and oxygen atoms in total. The average molecular weight is 461 g/mol. The molecule has 0 spiro atoms. The van der Waals surface area contributed by atoms with E-state index in [1.165, 1.54) is 76.7 Å². The van der Waals surface area contributed by atoms with Gasteiger partial charge in [0.05, 0.1) is 11.1 Å². The lowest BCUT2D eigenvalue weighted by molar-refractivity contribution is 0.0650. The zero-order valence-corrected chi connectivity index (χ0v) is 21.6. The lowest BCUT2D eigenvalue weighted by Crippen LogP contribution is -2.14. The molecule has 0 saturated heterocycles. The van der Waals surface area contributed by atoms with Crippen molar-refractivity contribution < 1.29 is 19.8 Å². The molecule has 2 N–H and O–H groups in total. The van der Waals surface area contributed by atoms with Crippen LogP contribution >= 0.6 is 0 Å². The van der Waals surface area contributed by atoms with Crippen LogP contribution in [0.25, 0.3) is 0 Å². The number of carboxylic acid groups (broad SMARTS) is 2. The van der Waals surface area contributed by atoms with Crippen molar-refractivity contribution in [2.75, 3.05) is 0 Å². The molecule has 0 fully saturated rings. The van der Waals surface area contributed by atoms with Gasteiger partial charge in [0.2, 0.25) is 0 Å². The molecule has 0 unspecified atom stereocenters. The van der Waals surface area contributed by atoms with Crippen LogP contribution in [0.4, 0.5) is 0 Å². The maximum Gasteiger partial charge on any atom is 0.336 e. The molecule has 188 valence electrons. The molecule has 0 aliphatic heterocycles. The van der Waals surface area contributed by atoms with Crippen LogP contribution in [0, 0.1) is 5.92 Å². The summed E-state index contributed by atoms with van der Waals surface area (Å²) in [5.74, 6) is -1.30.